The summed E-state index contributed by atoms with van der Waals surface area (Å²) in [5.74, 6) is 1.26. The Morgan fingerprint density at radius 2 is 2.07 bits per heavy atom. The van der Waals surface area contributed by atoms with Crippen molar-refractivity contribution in [1.82, 2.24) is 4.90 Å². The van der Waals surface area contributed by atoms with Gasteiger partial charge < -0.3 is 0 Å². The Balaban J connectivity index is 2.06. The molecule has 1 aliphatic carbocycles. The van der Waals surface area contributed by atoms with Crippen LogP contribution < -0.4 is 0 Å². The van der Waals surface area contributed by atoms with Gasteiger partial charge in [0, 0.05) is 12.5 Å². The van der Waals surface area contributed by atoms with Crippen LogP contribution in [0.4, 0.5) is 0 Å². The van der Waals surface area contributed by atoms with Crippen LogP contribution in [-0.2, 0) is 4.79 Å². The first-order valence-corrected chi connectivity index (χ1v) is 5.98. The molecule has 1 heterocycles. The summed E-state index contributed by atoms with van der Waals surface area (Å²) in [6.07, 6.45) is 7.24. The van der Waals surface area contributed by atoms with E-state index in [0.29, 0.717) is 18.2 Å². The zero-order chi connectivity index (χ0) is 10.1. The molecule has 0 amide bonds. The summed E-state index contributed by atoms with van der Waals surface area (Å²) in [5.41, 5.74) is 0. The molecule has 2 heteroatoms. The number of likely N-dealkylation sites (tertiary alicyclic amines) is 1. The Kier molecular flexibility index (Phi) is 2.91. The molecule has 2 aliphatic rings. The minimum absolute atomic E-state index is 0.244. The lowest BCUT2D eigenvalue weighted by atomic mass is 9.84. The third-order valence-electron chi connectivity index (χ3n) is 4.13. The van der Waals surface area contributed by atoms with Crippen LogP contribution in [-0.4, -0.2) is 29.8 Å². The number of carbonyl (C=O) groups excluding carboxylic acids is 1. The molecule has 2 nitrogen and oxygen atoms in total. The van der Waals surface area contributed by atoms with E-state index in [0.717, 1.165) is 12.3 Å². The number of hydrogen-bond acceptors (Lipinski definition) is 2. The predicted molar refractivity (Wildman–Crippen MR) is 57.2 cm³/mol. The minimum atomic E-state index is 0.244. The first-order chi connectivity index (χ1) is 6.74. The van der Waals surface area contributed by atoms with Crippen LogP contribution >= 0.6 is 0 Å². The normalized spacial score (nSPS) is 38.3. The number of hydrogen-bond donors (Lipinski definition) is 0. The highest BCUT2D eigenvalue weighted by molar-refractivity contribution is 5.84. The van der Waals surface area contributed by atoms with E-state index in [1.807, 2.05) is 6.92 Å². The van der Waals surface area contributed by atoms with E-state index in [1.165, 1.54) is 25.7 Å². The largest absolute Gasteiger partial charge is 0.298 e. The van der Waals surface area contributed by atoms with Gasteiger partial charge in [-0.1, -0.05) is 19.8 Å². The Bertz CT molecular complexity index is 226. The van der Waals surface area contributed by atoms with Gasteiger partial charge in [0.05, 0.1) is 6.04 Å². The highest BCUT2D eigenvalue weighted by Gasteiger charge is 2.41. The van der Waals surface area contributed by atoms with Gasteiger partial charge in [0.2, 0.25) is 0 Å². The summed E-state index contributed by atoms with van der Waals surface area (Å²) in [6, 6.07) is 0.956. The molecule has 2 fully saturated rings. The van der Waals surface area contributed by atoms with Gasteiger partial charge in [-0.05, 0) is 32.2 Å². The molecule has 0 radical (unpaired) electrons. The molecule has 14 heavy (non-hydrogen) atoms. The average molecular weight is 195 g/mol. The second-order valence-corrected chi connectivity index (χ2v) is 4.85. The lowest BCUT2D eigenvalue weighted by molar-refractivity contribution is -0.123. The maximum atomic E-state index is 11.7. The quantitative estimate of drug-likeness (QED) is 0.673. The van der Waals surface area contributed by atoms with Crippen molar-refractivity contribution >= 4 is 5.78 Å². The Morgan fingerprint density at radius 1 is 1.36 bits per heavy atom. The standard InChI is InChI=1S/C12H21NO/c1-3-12(14)11-8-9-6-4-5-7-10(9)13(11)2/h9-11H,3-8H2,1-2H3. The fourth-order valence-corrected chi connectivity index (χ4v) is 3.28. The molecule has 0 spiro atoms. The smallest absolute Gasteiger partial charge is 0.149 e. The lowest BCUT2D eigenvalue weighted by Gasteiger charge is -2.30. The maximum Gasteiger partial charge on any atom is 0.149 e. The molecule has 0 aromatic rings. The van der Waals surface area contributed by atoms with Crippen LogP contribution in [0, 0.1) is 5.92 Å². The number of Topliss-reactive ketones (excluding diaryl/α,β-unsaturated/α-hetero) is 1. The zero-order valence-corrected chi connectivity index (χ0v) is 9.33. The van der Waals surface area contributed by atoms with Crippen molar-refractivity contribution in [1.29, 1.82) is 0 Å². The zero-order valence-electron chi connectivity index (χ0n) is 9.33. The second-order valence-electron chi connectivity index (χ2n) is 4.85. The molecule has 0 aromatic carbocycles. The van der Waals surface area contributed by atoms with Crippen molar-refractivity contribution in [3.63, 3.8) is 0 Å². The third-order valence-corrected chi connectivity index (χ3v) is 4.13. The lowest BCUT2D eigenvalue weighted by Crippen LogP contribution is -2.38. The van der Waals surface area contributed by atoms with Crippen molar-refractivity contribution in [3.05, 3.63) is 0 Å². The molecule has 1 saturated heterocycles. The number of nitrogens with zero attached hydrogens (tertiary/aromatic N) is 1. The molecule has 0 bridgehead atoms. The molecular formula is C12H21NO. The third kappa shape index (κ3) is 1.60. The highest BCUT2D eigenvalue weighted by Crippen LogP contribution is 2.38. The van der Waals surface area contributed by atoms with Gasteiger partial charge in [0.25, 0.3) is 0 Å². The highest BCUT2D eigenvalue weighted by atomic mass is 16.1. The molecule has 2 rings (SSSR count). The van der Waals surface area contributed by atoms with E-state index in [9.17, 15) is 4.79 Å². The fourth-order valence-electron chi connectivity index (χ4n) is 3.28. The summed E-state index contributed by atoms with van der Waals surface area (Å²) in [6.45, 7) is 1.98. The van der Waals surface area contributed by atoms with Crippen molar-refractivity contribution < 1.29 is 4.79 Å². The van der Waals surface area contributed by atoms with Gasteiger partial charge in [-0.25, -0.2) is 0 Å². The summed E-state index contributed by atoms with van der Waals surface area (Å²) < 4.78 is 0. The van der Waals surface area contributed by atoms with E-state index in [-0.39, 0.29) is 6.04 Å². The van der Waals surface area contributed by atoms with Gasteiger partial charge in [0.1, 0.15) is 5.78 Å². The van der Waals surface area contributed by atoms with Crippen molar-refractivity contribution in [2.45, 2.75) is 57.5 Å². The van der Waals surface area contributed by atoms with Crippen LogP contribution in [0.5, 0.6) is 0 Å². The van der Waals surface area contributed by atoms with E-state index in [4.69, 9.17) is 0 Å². The SMILES string of the molecule is CCC(=O)C1CC2CCCCC2N1C. The van der Waals surface area contributed by atoms with E-state index in [1.54, 1.807) is 0 Å². The summed E-state index contributed by atoms with van der Waals surface area (Å²) in [7, 11) is 2.15. The number of ketones is 1. The number of rotatable bonds is 2. The van der Waals surface area contributed by atoms with Gasteiger partial charge in [-0.15, -0.1) is 0 Å². The molecule has 3 unspecified atom stereocenters. The van der Waals surface area contributed by atoms with Crippen LogP contribution in [0.25, 0.3) is 0 Å². The van der Waals surface area contributed by atoms with Gasteiger partial charge >= 0.3 is 0 Å². The molecule has 1 saturated carbocycles. The molecular weight excluding hydrogens is 174 g/mol. The van der Waals surface area contributed by atoms with E-state index in [2.05, 4.69) is 11.9 Å². The Labute approximate surface area is 86.7 Å². The summed E-state index contributed by atoms with van der Waals surface area (Å²) in [5, 5.41) is 0. The van der Waals surface area contributed by atoms with E-state index >= 15 is 0 Å². The number of likely N-dealkylation sites (N-methyl/N-ethyl adjacent to an activating group) is 1. The fraction of sp³-hybridized carbons (Fsp3) is 0.917. The number of fused-ring (bicyclic) bond motifs is 1. The van der Waals surface area contributed by atoms with Gasteiger partial charge in [-0.3, -0.25) is 9.69 Å². The van der Waals surface area contributed by atoms with Crippen molar-refractivity contribution in [3.8, 4) is 0 Å². The topological polar surface area (TPSA) is 20.3 Å². The van der Waals surface area contributed by atoms with Gasteiger partial charge in [-0.2, -0.15) is 0 Å². The average Bonchev–Trinajstić information content (AvgIpc) is 2.56. The van der Waals surface area contributed by atoms with Crippen LogP contribution in [0.15, 0.2) is 0 Å². The molecule has 80 valence electrons. The molecule has 0 N–H and O–H groups in total. The molecule has 3 atom stereocenters. The first-order valence-electron chi connectivity index (χ1n) is 5.98. The first kappa shape index (κ1) is 10.2. The maximum absolute atomic E-state index is 11.7. The monoisotopic (exact) mass is 195 g/mol. The Hall–Kier alpha value is -0.370. The van der Waals surface area contributed by atoms with Crippen LogP contribution in [0.2, 0.25) is 0 Å². The summed E-state index contributed by atoms with van der Waals surface area (Å²) >= 11 is 0. The van der Waals surface area contributed by atoms with E-state index < -0.39 is 0 Å². The Morgan fingerprint density at radius 3 is 2.71 bits per heavy atom. The second kappa shape index (κ2) is 4.01. The molecule has 1 aliphatic heterocycles. The van der Waals surface area contributed by atoms with Crippen molar-refractivity contribution in [2.24, 2.45) is 5.92 Å². The predicted octanol–water partition coefficient (Wildman–Crippen LogP) is 2.23. The minimum Gasteiger partial charge on any atom is -0.298 e. The number of carbonyl (C=O) groups is 1. The van der Waals surface area contributed by atoms with Gasteiger partial charge in [0.15, 0.2) is 0 Å². The molecule has 0 aromatic heterocycles. The summed E-state index contributed by atoms with van der Waals surface area (Å²) in [4.78, 5) is 14.1. The van der Waals surface area contributed by atoms with Crippen LogP contribution in [0.3, 0.4) is 0 Å². The van der Waals surface area contributed by atoms with Crippen molar-refractivity contribution in [2.75, 3.05) is 7.05 Å². The van der Waals surface area contributed by atoms with Crippen LogP contribution in [0.1, 0.15) is 45.4 Å².